The molecular formula is C27H25NO3. The van der Waals surface area contributed by atoms with Gasteiger partial charge in [0.1, 0.15) is 0 Å². The lowest BCUT2D eigenvalue weighted by atomic mass is 9.99. The van der Waals surface area contributed by atoms with E-state index >= 15 is 0 Å². The standard InChI is InChI=1S/C27H25NO3/c1-3-31-27(30)25-19(2)28(17-16-20-10-5-4-6-11-20)26(29)24(25)18-22-14-9-13-21-12-7-8-15-23(21)22/h4-15,18H,3,16-17H2,1-2H3/b24-18-. The highest BCUT2D eigenvalue weighted by atomic mass is 16.5. The summed E-state index contributed by atoms with van der Waals surface area (Å²) in [6, 6.07) is 24.0. The molecule has 3 aromatic carbocycles. The zero-order chi connectivity index (χ0) is 21.8. The molecule has 1 aliphatic rings. The van der Waals surface area contributed by atoms with Gasteiger partial charge in [-0.15, -0.1) is 0 Å². The minimum absolute atomic E-state index is 0.163. The summed E-state index contributed by atoms with van der Waals surface area (Å²) >= 11 is 0. The molecule has 0 saturated heterocycles. The number of amides is 1. The van der Waals surface area contributed by atoms with Crippen molar-refractivity contribution >= 4 is 28.7 Å². The second kappa shape index (κ2) is 9.00. The molecule has 31 heavy (non-hydrogen) atoms. The highest BCUT2D eigenvalue weighted by molar-refractivity contribution is 6.17. The summed E-state index contributed by atoms with van der Waals surface area (Å²) in [5.74, 6) is -0.619. The number of fused-ring (bicyclic) bond motifs is 1. The average Bonchev–Trinajstić information content (AvgIpc) is 3.02. The number of carbonyl (C=O) groups excluding carboxylic acids is 2. The summed E-state index contributed by atoms with van der Waals surface area (Å²) in [6.45, 7) is 4.35. The first kappa shape index (κ1) is 20.6. The maximum absolute atomic E-state index is 13.4. The van der Waals surface area contributed by atoms with E-state index in [9.17, 15) is 9.59 Å². The number of ether oxygens (including phenoxy) is 1. The fraction of sp³-hybridized carbons (Fsp3) is 0.185. The fourth-order valence-corrected chi connectivity index (χ4v) is 4.02. The van der Waals surface area contributed by atoms with Gasteiger partial charge in [-0.2, -0.15) is 0 Å². The summed E-state index contributed by atoms with van der Waals surface area (Å²) in [5, 5.41) is 2.12. The van der Waals surface area contributed by atoms with Gasteiger partial charge in [-0.25, -0.2) is 4.79 Å². The molecule has 1 amide bonds. The number of nitrogens with zero attached hydrogens (tertiary/aromatic N) is 1. The Bertz CT molecular complexity index is 1190. The van der Waals surface area contributed by atoms with E-state index in [1.165, 1.54) is 0 Å². The SMILES string of the molecule is CCOC(=O)C1=C(C)N(CCc2ccccc2)C(=O)/C1=C\c1cccc2ccccc12. The molecule has 4 heteroatoms. The summed E-state index contributed by atoms with van der Waals surface area (Å²) in [7, 11) is 0. The van der Waals surface area contributed by atoms with Crippen molar-refractivity contribution in [3.05, 3.63) is 101 Å². The minimum atomic E-state index is -0.456. The lowest BCUT2D eigenvalue weighted by Crippen LogP contribution is -2.27. The smallest absolute Gasteiger partial charge is 0.340 e. The Morgan fingerprint density at radius 2 is 1.68 bits per heavy atom. The largest absolute Gasteiger partial charge is 0.462 e. The topological polar surface area (TPSA) is 46.6 Å². The third-order valence-corrected chi connectivity index (χ3v) is 5.58. The van der Waals surface area contributed by atoms with E-state index in [1.54, 1.807) is 11.8 Å². The maximum Gasteiger partial charge on any atom is 0.340 e. The van der Waals surface area contributed by atoms with Crippen LogP contribution in [0.1, 0.15) is 25.0 Å². The van der Waals surface area contributed by atoms with Gasteiger partial charge in [0.2, 0.25) is 0 Å². The maximum atomic E-state index is 13.4. The van der Waals surface area contributed by atoms with Crippen molar-refractivity contribution in [2.45, 2.75) is 20.3 Å². The summed E-state index contributed by atoms with van der Waals surface area (Å²) in [4.78, 5) is 27.9. The normalized spacial score (nSPS) is 15.2. The number of allylic oxidation sites excluding steroid dienone is 1. The van der Waals surface area contributed by atoms with Crippen LogP contribution in [0.2, 0.25) is 0 Å². The number of esters is 1. The number of benzene rings is 3. The molecule has 0 spiro atoms. The molecule has 1 aliphatic heterocycles. The first-order chi connectivity index (χ1) is 15.1. The van der Waals surface area contributed by atoms with Gasteiger partial charge in [0.15, 0.2) is 0 Å². The highest BCUT2D eigenvalue weighted by Gasteiger charge is 2.37. The van der Waals surface area contributed by atoms with Crippen LogP contribution in [-0.4, -0.2) is 29.9 Å². The van der Waals surface area contributed by atoms with Crippen molar-refractivity contribution in [3.8, 4) is 0 Å². The van der Waals surface area contributed by atoms with Crippen molar-refractivity contribution in [1.29, 1.82) is 0 Å². The van der Waals surface area contributed by atoms with Gasteiger partial charge in [0, 0.05) is 12.2 Å². The third kappa shape index (κ3) is 4.15. The van der Waals surface area contributed by atoms with Crippen LogP contribution in [-0.2, 0) is 20.7 Å². The Morgan fingerprint density at radius 1 is 0.968 bits per heavy atom. The molecule has 3 aromatic rings. The molecule has 1 heterocycles. The van der Waals surface area contributed by atoms with Gasteiger partial charge in [-0.3, -0.25) is 4.79 Å². The van der Waals surface area contributed by atoms with Crippen molar-refractivity contribution in [2.75, 3.05) is 13.2 Å². The van der Waals surface area contributed by atoms with Crippen LogP contribution in [0.25, 0.3) is 16.8 Å². The van der Waals surface area contributed by atoms with E-state index in [1.807, 2.05) is 85.8 Å². The highest BCUT2D eigenvalue weighted by Crippen LogP contribution is 2.33. The van der Waals surface area contributed by atoms with E-state index in [0.717, 1.165) is 21.9 Å². The summed E-state index contributed by atoms with van der Waals surface area (Å²) < 4.78 is 5.29. The predicted octanol–water partition coefficient (Wildman–Crippen LogP) is 5.15. The number of carbonyl (C=O) groups is 2. The van der Waals surface area contributed by atoms with Crippen LogP contribution >= 0.6 is 0 Å². The zero-order valence-electron chi connectivity index (χ0n) is 17.8. The lowest BCUT2D eigenvalue weighted by molar-refractivity contribution is -0.138. The molecule has 0 radical (unpaired) electrons. The molecule has 0 aliphatic carbocycles. The molecule has 0 N–H and O–H groups in total. The summed E-state index contributed by atoms with van der Waals surface area (Å²) in [6.07, 6.45) is 2.53. The average molecular weight is 412 g/mol. The van der Waals surface area contributed by atoms with Crippen LogP contribution in [0.5, 0.6) is 0 Å². The van der Waals surface area contributed by atoms with Crippen LogP contribution in [0.3, 0.4) is 0 Å². The molecule has 0 bridgehead atoms. The first-order valence-electron chi connectivity index (χ1n) is 10.5. The zero-order valence-corrected chi connectivity index (χ0v) is 17.8. The van der Waals surface area contributed by atoms with Gasteiger partial charge >= 0.3 is 5.97 Å². The van der Waals surface area contributed by atoms with Gasteiger partial charge in [0.25, 0.3) is 5.91 Å². The lowest BCUT2D eigenvalue weighted by Gasteiger charge is -2.17. The first-order valence-corrected chi connectivity index (χ1v) is 10.5. The fourth-order valence-electron chi connectivity index (χ4n) is 4.02. The molecule has 0 aromatic heterocycles. The van der Waals surface area contributed by atoms with Crippen molar-refractivity contribution in [3.63, 3.8) is 0 Å². The van der Waals surface area contributed by atoms with Crippen LogP contribution in [0.15, 0.2) is 89.6 Å². The van der Waals surface area contributed by atoms with E-state index < -0.39 is 5.97 Å². The second-order valence-electron chi connectivity index (χ2n) is 7.50. The van der Waals surface area contributed by atoms with Gasteiger partial charge in [-0.05, 0) is 48.2 Å². The molecule has 0 unspecified atom stereocenters. The van der Waals surface area contributed by atoms with Gasteiger partial charge < -0.3 is 9.64 Å². The molecule has 0 saturated carbocycles. The quantitative estimate of drug-likeness (QED) is 0.417. The Hall–Kier alpha value is -3.66. The predicted molar refractivity (Wildman–Crippen MR) is 123 cm³/mol. The van der Waals surface area contributed by atoms with Gasteiger partial charge in [-0.1, -0.05) is 72.8 Å². The number of hydrogen-bond donors (Lipinski definition) is 0. The molecular weight excluding hydrogens is 386 g/mol. The van der Waals surface area contributed by atoms with Crippen LogP contribution in [0, 0.1) is 0 Å². The van der Waals surface area contributed by atoms with E-state index in [4.69, 9.17) is 4.74 Å². The Kier molecular flexibility index (Phi) is 5.99. The number of hydrogen-bond acceptors (Lipinski definition) is 3. The van der Waals surface area contributed by atoms with E-state index in [2.05, 4.69) is 0 Å². The molecule has 4 nitrogen and oxygen atoms in total. The third-order valence-electron chi connectivity index (χ3n) is 5.58. The summed E-state index contributed by atoms with van der Waals surface area (Å²) in [5.41, 5.74) is 3.44. The van der Waals surface area contributed by atoms with Crippen LogP contribution in [0.4, 0.5) is 0 Å². The Balaban J connectivity index is 1.74. The molecule has 4 rings (SSSR count). The van der Waals surface area contributed by atoms with Gasteiger partial charge in [0.05, 0.1) is 17.8 Å². The van der Waals surface area contributed by atoms with Crippen molar-refractivity contribution in [1.82, 2.24) is 4.90 Å². The molecule has 0 fully saturated rings. The Labute approximate surface area is 182 Å². The van der Waals surface area contributed by atoms with Crippen LogP contribution < -0.4 is 0 Å². The Morgan fingerprint density at radius 3 is 2.45 bits per heavy atom. The van der Waals surface area contributed by atoms with Crippen molar-refractivity contribution < 1.29 is 14.3 Å². The monoisotopic (exact) mass is 411 g/mol. The number of rotatable bonds is 6. The molecule has 156 valence electrons. The minimum Gasteiger partial charge on any atom is -0.462 e. The molecule has 0 atom stereocenters. The van der Waals surface area contributed by atoms with E-state index in [0.29, 0.717) is 29.8 Å². The van der Waals surface area contributed by atoms with E-state index in [-0.39, 0.29) is 12.5 Å². The van der Waals surface area contributed by atoms with Crippen molar-refractivity contribution in [2.24, 2.45) is 0 Å². The second-order valence-corrected chi connectivity index (χ2v) is 7.50.